The third-order valence-electron chi connectivity index (χ3n) is 14.3. The molecule has 3 N–H and O–H groups in total. The summed E-state index contributed by atoms with van der Waals surface area (Å²) in [5, 5.41) is 16.0. The topological polar surface area (TPSA) is 172 Å². The summed E-state index contributed by atoms with van der Waals surface area (Å²) >= 11 is 0. The van der Waals surface area contributed by atoms with Crippen LogP contribution in [-0.4, -0.2) is 80.1 Å². The highest BCUT2D eigenvalue weighted by Gasteiger charge is 2.47. The Balaban J connectivity index is 0.821. The molecule has 1 atom stereocenters. The summed E-state index contributed by atoms with van der Waals surface area (Å²) in [6.07, 6.45) is 14.8. The molecule has 2 aromatic heterocycles. The second-order valence-corrected chi connectivity index (χ2v) is 20.2. The predicted molar refractivity (Wildman–Crippen MR) is 241 cm³/mol. The van der Waals surface area contributed by atoms with Crippen LogP contribution in [0.3, 0.4) is 0 Å². The van der Waals surface area contributed by atoms with Crippen molar-refractivity contribution in [3.05, 3.63) is 112 Å². The third kappa shape index (κ3) is 8.87. The summed E-state index contributed by atoms with van der Waals surface area (Å²) in [4.78, 5) is 37.6. The number of hydrogen-bond acceptors (Lipinski definition) is 11. The molecular formula is C48H55N7O7S. The van der Waals surface area contributed by atoms with Crippen molar-refractivity contribution in [1.82, 2.24) is 19.6 Å². The summed E-state index contributed by atoms with van der Waals surface area (Å²) in [6, 6.07) is 22.2. The van der Waals surface area contributed by atoms with E-state index in [1.165, 1.54) is 63.7 Å². The average Bonchev–Trinajstić information content (AvgIpc) is 3.85. The zero-order chi connectivity index (χ0) is 43.1. The molecule has 5 aromatic rings. The molecule has 0 radical (unpaired) electrons. The maximum atomic E-state index is 13.9. The third-order valence-corrected chi connectivity index (χ3v) is 15.6. The Bertz CT molecular complexity index is 2610. The van der Waals surface area contributed by atoms with E-state index in [1.807, 2.05) is 12.1 Å². The fraction of sp³-hybridized carbons (Fsp3) is 0.458. The molecule has 330 valence electrons. The number of rotatable bonds is 14. The number of nitrogens with zero attached hydrogens (tertiary/aromatic N) is 4. The normalized spacial score (nSPS) is 20.8. The van der Waals surface area contributed by atoms with Gasteiger partial charge in [-0.3, -0.25) is 19.8 Å². The van der Waals surface area contributed by atoms with E-state index in [2.05, 4.69) is 54.1 Å². The van der Waals surface area contributed by atoms with Gasteiger partial charge in [-0.15, -0.1) is 0 Å². The van der Waals surface area contributed by atoms with Crippen LogP contribution in [0, 0.1) is 27.4 Å². The number of nitro groups is 1. The van der Waals surface area contributed by atoms with Crippen LogP contribution in [0.25, 0.3) is 11.0 Å². The molecule has 5 heterocycles. The largest absolute Gasteiger partial charge is 0.455 e. The van der Waals surface area contributed by atoms with E-state index in [0.717, 1.165) is 61.8 Å². The van der Waals surface area contributed by atoms with Crippen molar-refractivity contribution >= 4 is 44.0 Å². The SMILES string of the molecule is O=C(NS(=O)(=O)c1ccc(NCC2CCOCC2)c([N+](=O)[O-])c1)c1ccc(N2CCC3(CC2)CC(CN2CCCC2c2ccccc2C2CC2)C3)cc1Oc1cnc2[nH]ccc2c1. The maximum absolute atomic E-state index is 13.9. The lowest BCUT2D eigenvalue weighted by atomic mass is 9.57. The molecule has 14 nitrogen and oxygen atoms in total. The number of pyridine rings is 1. The van der Waals surface area contributed by atoms with Crippen molar-refractivity contribution in [2.45, 2.75) is 81.1 Å². The Hall–Kier alpha value is -5.51. The van der Waals surface area contributed by atoms with E-state index in [4.69, 9.17) is 9.47 Å². The highest BCUT2D eigenvalue weighted by Crippen LogP contribution is 2.54. The molecule has 3 saturated heterocycles. The summed E-state index contributed by atoms with van der Waals surface area (Å²) in [6.45, 7) is 5.85. The second-order valence-electron chi connectivity index (χ2n) is 18.5. The number of sulfonamides is 1. The van der Waals surface area contributed by atoms with Gasteiger partial charge in [0, 0.05) is 74.8 Å². The van der Waals surface area contributed by atoms with Gasteiger partial charge in [0.15, 0.2) is 0 Å². The number of carbonyl (C=O) groups excluding carboxylic acids is 1. The number of aromatic amines is 1. The summed E-state index contributed by atoms with van der Waals surface area (Å²) in [5.74, 6) is 1.38. The molecule has 1 spiro atoms. The lowest BCUT2D eigenvalue weighted by Gasteiger charge is -2.53. The molecule has 63 heavy (non-hydrogen) atoms. The van der Waals surface area contributed by atoms with Gasteiger partial charge in [0.2, 0.25) is 0 Å². The van der Waals surface area contributed by atoms with Crippen molar-refractivity contribution in [2.75, 3.05) is 56.2 Å². The van der Waals surface area contributed by atoms with E-state index in [-0.39, 0.29) is 22.9 Å². The number of anilines is 2. The van der Waals surface area contributed by atoms with Crippen molar-refractivity contribution < 1.29 is 27.6 Å². The maximum Gasteiger partial charge on any atom is 0.293 e. The van der Waals surface area contributed by atoms with Crippen molar-refractivity contribution in [3.8, 4) is 11.5 Å². The van der Waals surface area contributed by atoms with Crippen LogP contribution in [-0.2, 0) is 14.8 Å². The van der Waals surface area contributed by atoms with E-state index in [1.54, 1.807) is 41.7 Å². The number of carbonyl (C=O) groups is 1. The van der Waals surface area contributed by atoms with Gasteiger partial charge in [-0.2, -0.15) is 0 Å². The monoisotopic (exact) mass is 873 g/mol. The number of likely N-dealkylation sites (tertiary alicyclic amines) is 1. The van der Waals surface area contributed by atoms with Gasteiger partial charge >= 0.3 is 0 Å². The van der Waals surface area contributed by atoms with Crippen LogP contribution in [0.5, 0.6) is 11.5 Å². The minimum atomic E-state index is -4.53. The van der Waals surface area contributed by atoms with Crippen LogP contribution in [0.2, 0.25) is 0 Å². The standard InChI is InChI=1S/C48H55N7O7S/c56-47(52-63(59,60)38-10-12-42(44(26-38)55(57)58)50-29-32-14-22-61-23-15-32)41-11-9-36(25-45(41)62-37-24-35-13-18-49-46(35)51-30-37)53-20-16-48(17-21-53)27-33(28-48)31-54-19-3-6-43(54)40-5-2-1-4-39(40)34-7-8-34/h1-2,4-5,9-13,18,24-26,30,32-34,43,50H,3,6-8,14-17,19-23,27-29,31H2,(H,49,51)(H,52,56). The molecule has 1 amide bonds. The molecule has 15 heteroatoms. The number of hydrogen-bond donors (Lipinski definition) is 3. The highest BCUT2D eigenvalue weighted by atomic mass is 32.2. The first-order valence-corrected chi connectivity index (χ1v) is 24.1. The lowest BCUT2D eigenvalue weighted by Crippen LogP contribution is -2.49. The molecule has 3 aliphatic heterocycles. The fourth-order valence-electron chi connectivity index (χ4n) is 10.8. The summed E-state index contributed by atoms with van der Waals surface area (Å²) in [7, 11) is -4.53. The van der Waals surface area contributed by atoms with Gasteiger partial charge in [-0.05, 0) is 141 Å². The number of nitro benzene ring substituents is 1. The number of aromatic nitrogens is 2. The minimum absolute atomic E-state index is 0.00368. The molecule has 3 aromatic carbocycles. The van der Waals surface area contributed by atoms with Crippen molar-refractivity contribution in [3.63, 3.8) is 0 Å². The van der Waals surface area contributed by atoms with Crippen LogP contribution in [0.4, 0.5) is 17.1 Å². The van der Waals surface area contributed by atoms with E-state index in [0.29, 0.717) is 48.5 Å². The smallest absolute Gasteiger partial charge is 0.293 e. The number of H-pyrrole nitrogens is 1. The highest BCUT2D eigenvalue weighted by molar-refractivity contribution is 7.90. The Morgan fingerprint density at radius 2 is 1.73 bits per heavy atom. The number of piperidine rings is 1. The van der Waals surface area contributed by atoms with E-state index in [9.17, 15) is 23.3 Å². The van der Waals surface area contributed by atoms with Crippen molar-refractivity contribution in [2.24, 2.45) is 17.3 Å². The second kappa shape index (κ2) is 17.2. The van der Waals surface area contributed by atoms with Gasteiger partial charge in [0.1, 0.15) is 22.8 Å². The molecule has 1 unspecified atom stereocenters. The molecular weight excluding hydrogens is 819 g/mol. The van der Waals surface area contributed by atoms with Crippen LogP contribution in [0.1, 0.15) is 97.7 Å². The molecule has 0 bridgehead atoms. The zero-order valence-electron chi connectivity index (χ0n) is 35.5. The Morgan fingerprint density at radius 1 is 0.937 bits per heavy atom. The van der Waals surface area contributed by atoms with Crippen LogP contribution < -0.4 is 19.7 Å². The minimum Gasteiger partial charge on any atom is -0.455 e. The molecule has 10 rings (SSSR count). The first-order chi connectivity index (χ1) is 30.6. The molecule has 2 saturated carbocycles. The Labute approximate surface area is 367 Å². The summed E-state index contributed by atoms with van der Waals surface area (Å²) < 4.78 is 41.3. The van der Waals surface area contributed by atoms with Crippen LogP contribution in [0.15, 0.2) is 90.1 Å². The molecule has 2 aliphatic carbocycles. The predicted octanol–water partition coefficient (Wildman–Crippen LogP) is 8.93. The van der Waals surface area contributed by atoms with Gasteiger partial charge in [0.25, 0.3) is 21.6 Å². The average molecular weight is 874 g/mol. The zero-order valence-corrected chi connectivity index (χ0v) is 36.3. The lowest BCUT2D eigenvalue weighted by molar-refractivity contribution is -0.384. The Morgan fingerprint density at radius 3 is 2.51 bits per heavy atom. The molecule has 5 fully saturated rings. The van der Waals surface area contributed by atoms with Crippen LogP contribution >= 0.6 is 0 Å². The van der Waals surface area contributed by atoms with E-state index >= 15 is 0 Å². The van der Waals surface area contributed by atoms with Gasteiger partial charge < -0.3 is 24.7 Å². The first-order valence-electron chi connectivity index (χ1n) is 22.6. The van der Waals surface area contributed by atoms with Gasteiger partial charge in [-0.1, -0.05) is 24.3 Å². The van der Waals surface area contributed by atoms with E-state index < -0.39 is 31.4 Å². The van der Waals surface area contributed by atoms with Gasteiger partial charge in [0.05, 0.1) is 21.6 Å². The number of amides is 1. The number of ether oxygens (including phenoxy) is 2. The number of nitrogens with one attached hydrogen (secondary N) is 3. The molecule has 5 aliphatic rings. The Kier molecular flexibility index (Phi) is 11.3. The van der Waals surface area contributed by atoms with Crippen molar-refractivity contribution in [1.29, 1.82) is 0 Å². The number of benzene rings is 3. The quantitative estimate of drug-likeness (QED) is 0.0719. The summed E-state index contributed by atoms with van der Waals surface area (Å²) in [5.41, 5.74) is 4.86. The first kappa shape index (κ1) is 41.5. The fourth-order valence-corrected chi connectivity index (χ4v) is 11.7. The van der Waals surface area contributed by atoms with Gasteiger partial charge in [-0.25, -0.2) is 18.1 Å². The number of fused-ring (bicyclic) bond motifs is 1.